The maximum absolute atomic E-state index is 9.57. The van der Waals surface area contributed by atoms with Crippen LogP contribution in [0.3, 0.4) is 0 Å². The first kappa shape index (κ1) is 11.4. The number of aromatic amines is 1. The van der Waals surface area contributed by atoms with Gasteiger partial charge < -0.3 is 10.1 Å². The van der Waals surface area contributed by atoms with Gasteiger partial charge in [-0.25, -0.2) is 0 Å². The number of hydrogen-bond donors (Lipinski definition) is 2. The van der Waals surface area contributed by atoms with Crippen LogP contribution in [0.4, 0.5) is 0 Å². The molecular formula is C15H12BrNO. The second kappa shape index (κ2) is 4.50. The highest BCUT2D eigenvalue weighted by atomic mass is 79.9. The Kier molecular flexibility index (Phi) is 2.84. The minimum atomic E-state index is 0.301. The van der Waals surface area contributed by atoms with E-state index in [1.807, 2.05) is 30.5 Å². The van der Waals surface area contributed by atoms with Crippen molar-refractivity contribution in [1.82, 2.24) is 4.98 Å². The topological polar surface area (TPSA) is 36.0 Å². The number of hydrogen-bond acceptors (Lipinski definition) is 1. The first-order valence-electron chi connectivity index (χ1n) is 5.76. The molecule has 1 heterocycles. The van der Waals surface area contributed by atoms with Crippen LogP contribution in [0.5, 0.6) is 5.75 Å². The average Bonchev–Trinajstić information content (AvgIpc) is 2.75. The molecule has 3 rings (SSSR count). The molecule has 2 aromatic carbocycles. The Balaban J connectivity index is 2.05. The number of phenolic OH excluding ortho intramolecular Hbond substituents is 1. The third-order valence-electron chi connectivity index (χ3n) is 3.09. The minimum absolute atomic E-state index is 0.301. The molecule has 3 heteroatoms. The molecule has 0 aliphatic rings. The molecule has 3 aromatic rings. The zero-order valence-corrected chi connectivity index (χ0v) is 11.2. The van der Waals surface area contributed by atoms with E-state index in [0.717, 1.165) is 21.8 Å². The van der Waals surface area contributed by atoms with Crippen molar-refractivity contribution in [1.29, 1.82) is 0 Å². The van der Waals surface area contributed by atoms with E-state index in [1.54, 1.807) is 12.1 Å². The molecule has 0 unspecified atom stereocenters. The van der Waals surface area contributed by atoms with Gasteiger partial charge in [-0.15, -0.1) is 0 Å². The van der Waals surface area contributed by atoms with Crippen molar-refractivity contribution in [3.05, 3.63) is 64.3 Å². The van der Waals surface area contributed by atoms with E-state index in [0.29, 0.717) is 5.75 Å². The van der Waals surface area contributed by atoms with E-state index in [2.05, 4.69) is 27.0 Å². The van der Waals surface area contributed by atoms with Crippen LogP contribution in [0.25, 0.3) is 10.9 Å². The van der Waals surface area contributed by atoms with Gasteiger partial charge in [-0.05, 0) is 35.4 Å². The number of benzene rings is 2. The zero-order valence-electron chi connectivity index (χ0n) is 9.65. The van der Waals surface area contributed by atoms with Crippen molar-refractivity contribution in [3.63, 3.8) is 0 Å². The van der Waals surface area contributed by atoms with Crippen LogP contribution in [0.15, 0.2) is 53.1 Å². The Labute approximate surface area is 113 Å². The summed E-state index contributed by atoms with van der Waals surface area (Å²) in [4.78, 5) is 3.23. The number of rotatable bonds is 2. The Bertz CT molecular complexity index is 703. The van der Waals surface area contributed by atoms with Gasteiger partial charge in [-0.2, -0.15) is 0 Å². The number of aromatic hydroxyl groups is 1. The summed E-state index contributed by atoms with van der Waals surface area (Å²) in [6.45, 7) is 0. The number of H-pyrrole nitrogens is 1. The molecule has 0 spiro atoms. The maximum Gasteiger partial charge on any atom is 0.116 e. The molecule has 2 nitrogen and oxygen atoms in total. The first-order valence-corrected chi connectivity index (χ1v) is 6.56. The molecule has 18 heavy (non-hydrogen) atoms. The molecule has 0 radical (unpaired) electrons. The van der Waals surface area contributed by atoms with Gasteiger partial charge in [0.05, 0.1) is 0 Å². The highest BCUT2D eigenvalue weighted by Crippen LogP contribution is 2.27. The van der Waals surface area contributed by atoms with Crippen LogP contribution >= 0.6 is 15.9 Å². The van der Waals surface area contributed by atoms with Crippen LogP contribution in [0.2, 0.25) is 0 Å². The number of halogens is 1. The summed E-state index contributed by atoms with van der Waals surface area (Å²) in [5.41, 5.74) is 3.48. The predicted octanol–water partition coefficient (Wildman–Crippen LogP) is 4.23. The first-order chi connectivity index (χ1) is 8.74. The number of fused-ring (bicyclic) bond motifs is 1. The van der Waals surface area contributed by atoms with Crippen LogP contribution in [0, 0.1) is 0 Å². The maximum atomic E-state index is 9.57. The molecule has 0 bridgehead atoms. The number of aromatic nitrogens is 1. The molecule has 90 valence electrons. The lowest BCUT2D eigenvalue weighted by Crippen LogP contribution is -1.87. The van der Waals surface area contributed by atoms with Gasteiger partial charge in [0.15, 0.2) is 0 Å². The lowest BCUT2D eigenvalue weighted by atomic mass is 10.0. The molecule has 0 amide bonds. The fourth-order valence-corrected chi connectivity index (χ4v) is 2.58. The van der Waals surface area contributed by atoms with E-state index < -0.39 is 0 Å². The molecule has 0 aliphatic heterocycles. The van der Waals surface area contributed by atoms with Gasteiger partial charge in [0.2, 0.25) is 0 Å². The Morgan fingerprint density at radius 2 is 1.89 bits per heavy atom. The molecule has 0 atom stereocenters. The van der Waals surface area contributed by atoms with E-state index >= 15 is 0 Å². The summed E-state index contributed by atoms with van der Waals surface area (Å²) in [6, 6.07) is 13.6. The second-order valence-electron chi connectivity index (χ2n) is 4.31. The van der Waals surface area contributed by atoms with Crippen molar-refractivity contribution >= 4 is 26.8 Å². The van der Waals surface area contributed by atoms with Gasteiger partial charge in [0, 0.05) is 28.0 Å². The third-order valence-corrected chi connectivity index (χ3v) is 3.86. The largest absolute Gasteiger partial charge is 0.508 e. The summed E-state index contributed by atoms with van der Waals surface area (Å²) in [5.74, 6) is 0.301. The Hall–Kier alpha value is -1.74. The highest BCUT2D eigenvalue weighted by molar-refractivity contribution is 9.10. The number of phenols is 1. The van der Waals surface area contributed by atoms with Crippen molar-refractivity contribution in [2.24, 2.45) is 0 Å². The van der Waals surface area contributed by atoms with Crippen molar-refractivity contribution in [3.8, 4) is 5.75 Å². The summed E-state index contributed by atoms with van der Waals surface area (Å²) >= 11 is 3.56. The minimum Gasteiger partial charge on any atom is -0.508 e. The second-order valence-corrected chi connectivity index (χ2v) is 5.17. The van der Waals surface area contributed by atoms with E-state index in [9.17, 15) is 5.11 Å². The Morgan fingerprint density at radius 3 is 2.72 bits per heavy atom. The molecule has 0 aliphatic carbocycles. The Morgan fingerprint density at radius 1 is 1.06 bits per heavy atom. The predicted molar refractivity (Wildman–Crippen MR) is 76.9 cm³/mol. The molecule has 0 fully saturated rings. The summed E-state index contributed by atoms with van der Waals surface area (Å²) in [7, 11) is 0. The van der Waals surface area contributed by atoms with E-state index in [-0.39, 0.29) is 0 Å². The lowest BCUT2D eigenvalue weighted by Gasteiger charge is -2.03. The standard InChI is InChI=1S/C15H12BrNO/c16-14-4-2-1-3-10(14)7-11-9-17-15-6-5-12(18)8-13(11)15/h1-6,8-9,17-18H,7H2. The van der Waals surface area contributed by atoms with Crippen LogP contribution in [-0.4, -0.2) is 10.1 Å². The summed E-state index contributed by atoms with van der Waals surface area (Å²) in [5, 5.41) is 10.6. The quantitative estimate of drug-likeness (QED) is 0.730. The average molecular weight is 302 g/mol. The number of nitrogens with one attached hydrogen (secondary N) is 1. The summed E-state index contributed by atoms with van der Waals surface area (Å²) < 4.78 is 1.11. The molecule has 0 saturated carbocycles. The third kappa shape index (κ3) is 2.02. The van der Waals surface area contributed by atoms with Gasteiger partial charge in [-0.1, -0.05) is 34.1 Å². The van der Waals surface area contributed by atoms with Gasteiger partial charge in [-0.3, -0.25) is 0 Å². The van der Waals surface area contributed by atoms with Gasteiger partial charge >= 0.3 is 0 Å². The van der Waals surface area contributed by atoms with Crippen LogP contribution in [0.1, 0.15) is 11.1 Å². The molecule has 0 saturated heterocycles. The van der Waals surface area contributed by atoms with Gasteiger partial charge in [0.25, 0.3) is 0 Å². The SMILES string of the molecule is Oc1ccc2[nH]cc(Cc3ccccc3Br)c2c1. The van der Waals surface area contributed by atoms with Crippen molar-refractivity contribution in [2.45, 2.75) is 6.42 Å². The fraction of sp³-hybridized carbons (Fsp3) is 0.0667. The smallest absolute Gasteiger partial charge is 0.116 e. The van der Waals surface area contributed by atoms with E-state index in [1.165, 1.54) is 11.1 Å². The zero-order chi connectivity index (χ0) is 12.5. The van der Waals surface area contributed by atoms with Gasteiger partial charge in [0.1, 0.15) is 5.75 Å². The molecular weight excluding hydrogens is 290 g/mol. The fourth-order valence-electron chi connectivity index (χ4n) is 2.16. The normalized spacial score (nSPS) is 10.9. The van der Waals surface area contributed by atoms with Crippen molar-refractivity contribution in [2.75, 3.05) is 0 Å². The van der Waals surface area contributed by atoms with E-state index in [4.69, 9.17) is 0 Å². The molecule has 1 aromatic heterocycles. The van der Waals surface area contributed by atoms with Crippen LogP contribution in [-0.2, 0) is 6.42 Å². The lowest BCUT2D eigenvalue weighted by molar-refractivity contribution is 0.476. The van der Waals surface area contributed by atoms with Crippen LogP contribution < -0.4 is 0 Å². The van der Waals surface area contributed by atoms with Crippen molar-refractivity contribution < 1.29 is 5.11 Å². The molecule has 2 N–H and O–H groups in total. The monoisotopic (exact) mass is 301 g/mol. The highest BCUT2D eigenvalue weighted by Gasteiger charge is 2.07. The summed E-state index contributed by atoms with van der Waals surface area (Å²) in [6.07, 6.45) is 2.84.